The fraction of sp³-hybridized carbons (Fsp3) is 0.375. The van der Waals surface area contributed by atoms with E-state index in [9.17, 15) is 0 Å². The lowest BCUT2D eigenvalue weighted by atomic mass is 10.1. The van der Waals surface area contributed by atoms with E-state index in [0.717, 1.165) is 37.1 Å². The number of guanidine groups is 1. The predicted molar refractivity (Wildman–Crippen MR) is 127 cm³/mol. The summed E-state index contributed by atoms with van der Waals surface area (Å²) in [5.41, 5.74) is 3.67. The summed E-state index contributed by atoms with van der Waals surface area (Å²) in [7, 11) is 4.10. The van der Waals surface area contributed by atoms with Gasteiger partial charge in [0.15, 0.2) is 11.8 Å². The van der Waals surface area contributed by atoms with Crippen LogP contribution in [0.25, 0.3) is 0 Å². The summed E-state index contributed by atoms with van der Waals surface area (Å²) in [4.78, 5) is 7.04. The first-order chi connectivity index (χ1) is 15.0. The van der Waals surface area contributed by atoms with Gasteiger partial charge >= 0.3 is 0 Å². The Morgan fingerprint density at radius 1 is 1.00 bits per heavy atom. The van der Waals surface area contributed by atoms with Gasteiger partial charge in [-0.2, -0.15) is 0 Å². The van der Waals surface area contributed by atoms with E-state index in [1.807, 2.05) is 24.6 Å². The molecule has 0 radical (unpaired) electrons. The minimum atomic E-state index is 0.570. The van der Waals surface area contributed by atoms with Crippen LogP contribution in [0.4, 0.5) is 5.69 Å². The van der Waals surface area contributed by atoms with Gasteiger partial charge < -0.3 is 20.1 Å². The summed E-state index contributed by atoms with van der Waals surface area (Å²) in [6, 6.07) is 18.9. The SMILES string of the molecule is Cc1ccc(CN=C(NCCCN(C)c2ccccc2)NCc2nnc(C)n2C)cc1. The smallest absolute Gasteiger partial charge is 0.191 e. The van der Waals surface area contributed by atoms with E-state index in [4.69, 9.17) is 4.99 Å². The zero-order valence-corrected chi connectivity index (χ0v) is 19.0. The normalized spacial score (nSPS) is 11.4. The molecule has 0 fully saturated rings. The molecule has 0 bridgehead atoms. The lowest BCUT2D eigenvalue weighted by molar-refractivity contribution is 0.697. The number of anilines is 1. The van der Waals surface area contributed by atoms with Crippen LogP contribution in [-0.4, -0.2) is 40.9 Å². The van der Waals surface area contributed by atoms with Crippen molar-refractivity contribution in [3.8, 4) is 0 Å². The third kappa shape index (κ3) is 6.84. The Morgan fingerprint density at radius 3 is 2.42 bits per heavy atom. The zero-order chi connectivity index (χ0) is 22.1. The van der Waals surface area contributed by atoms with Crippen molar-refractivity contribution in [1.82, 2.24) is 25.4 Å². The largest absolute Gasteiger partial charge is 0.375 e. The molecule has 1 aromatic heterocycles. The lowest BCUT2D eigenvalue weighted by Gasteiger charge is -2.19. The van der Waals surface area contributed by atoms with Gasteiger partial charge in [0.25, 0.3) is 0 Å². The number of nitrogens with one attached hydrogen (secondary N) is 2. The van der Waals surface area contributed by atoms with Crippen molar-refractivity contribution in [1.29, 1.82) is 0 Å². The quantitative estimate of drug-likeness (QED) is 0.317. The number of nitrogens with zero attached hydrogens (tertiary/aromatic N) is 5. The van der Waals surface area contributed by atoms with Crippen molar-refractivity contribution in [3.05, 3.63) is 77.4 Å². The summed E-state index contributed by atoms with van der Waals surface area (Å²) in [5, 5.41) is 15.2. The van der Waals surface area contributed by atoms with E-state index < -0.39 is 0 Å². The average Bonchev–Trinajstić information content (AvgIpc) is 3.11. The molecular weight excluding hydrogens is 386 g/mol. The van der Waals surface area contributed by atoms with E-state index in [-0.39, 0.29) is 0 Å². The van der Waals surface area contributed by atoms with Crippen molar-refractivity contribution >= 4 is 11.6 Å². The standard InChI is InChI=1S/C24H33N7/c1-19-11-13-21(14-12-19)17-26-24(27-18-23-29-28-20(2)31(23)4)25-15-8-16-30(3)22-9-6-5-7-10-22/h5-7,9-14H,8,15-18H2,1-4H3,(H2,25,26,27). The van der Waals surface area contributed by atoms with Crippen molar-refractivity contribution in [3.63, 3.8) is 0 Å². The fourth-order valence-corrected chi connectivity index (χ4v) is 3.14. The van der Waals surface area contributed by atoms with Gasteiger partial charge in [0.2, 0.25) is 0 Å². The van der Waals surface area contributed by atoms with Crippen molar-refractivity contribution in [2.24, 2.45) is 12.0 Å². The molecule has 0 aliphatic carbocycles. The molecule has 2 N–H and O–H groups in total. The summed E-state index contributed by atoms with van der Waals surface area (Å²) in [6.45, 7) is 7.03. The summed E-state index contributed by atoms with van der Waals surface area (Å²) in [5.74, 6) is 2.56. The van der Waals surface area contributed by atoms with Crippen LogP contribution in [0.15, 0.2) is 59.6 Å². The van der Waals surface area contributed by atoms with Gasteiger partial charge in [-0.1, -0.05) is 48.0 Å². The van der Waals surface area contributed by atoms with Gasteiger partial charge in [0.05, 0.1) is 13.1 Å². The number of aromatic nitrogens is 3. The maximum Gasteiger partial charge on any atom is 0.191 e. The second-order valence-electron chi connectivity index (χ2n) is 7.76. The molecule has 0 aliphatic rings. The molecule has 7 nitrogen and oxygen atoms in total. The average molecular weight is 420 g/mol. The lowest BCUT2D eigenvalue weighted by Crippen LogP contribution is -2.39. The number of aryl methyl sites for hydroxylation is 2. The van der Waals surface area contributed by atoms with Crippen LogP contribution in [-0.2, 0) is 20.1 Å². The number of rotatable bonds is 9. The highest BCUT2D eigenvalue weighted by Crippen LogP contribution is 2.10. The van der Waals surface area contributed by atoms with Crippen LogP contribution in [0.5, 0.6) is 0 Å². The Morgan fingerprint density at radius 2 is 1.74 bits per heavy atom. The van der Waals surface area contributed by atoms with Gasteiger partial charge in [-0.05, 0) is 38.0 Å². The molecule has 0 spiro atoms. The predicted octanol–water partition coefficient (Wildman–Crippen LogP) is 3.19. The molecule has 0 amide bonds. The molecule has 0 unspecified atom stereocenters. The topological polar surface area (TPSA) is 70.4 Å². The minimum Gasteiger partial charge on any atom is -0.375 e. The summed E-state index contributed by atoms with van der Waals surface area (Å²) >= 11 is 0. The van der Waals surface area contributed by atoms with Crippen LogP contribution < -0.4 is 15.5 Å². The maximum absolute atomic E-state index is 4.77. The molecular formula is C24H33N7. The fourth-order valence-electron chi connectivity index (χ4n) is 3.14. The van der Waals surface area contributed by atoms with Crippen LogP contribution >= 0.6 is 0 Å². The molecule has 164 valence electrons. The highest BCUT2D eigenvalue weighted by atomic mass is 15.3. The van der Waals surface area contributed by atoms with E-state index in [1.54, 1.807) is 0 Å². The van der Waals surface area contributed by atoms with Crippen LogP contribution in [0.2, 0.25) is 0 Å². The summed E-state index contributed by atoms with van der Waals surface area (Å²) in [6.07, 6.45) is 1.000. The number of hydrogen-bond acceptors (Lipinski definition) is 4. The Hall–Kier alpha value is -3.35. The monoisotopic (exact) mass is 419 g/mol. The van der Waals surface area contributed by atoms with Crippen molar-refractivity contribution < 1.29 is 0 Å². The highest BCUT2D eigenvalue weighted by Gasteiger charge is 2.07. The highest BCUT2D eigenvalue weighted by molar-refractivity contribution is 5.79. The maximum atomic E-state index is 4.77. The second kappa shape index (κ2) is 11.2. The van der Waals surface area contributed by atoms with E-state index >= 15 is 0 Å². The van der Waals surface area contributed by atoms with Crippen LogP contribution in [0, 0.1) is 13.8 Å². The Kier molecular flexibility index (Phi) is 8.04. The second-order valence-corrected chi connectivity index (χ2v) is 7.76. The Balaban J connectivity index is 1.55. The number of aliphatic imine (C=N–C) groups is 1. The molecule has 2 aromatic carbocycles. The van der Waals surface area contributed by atoms with Crippen LogP contribution in [0.1, 0.15) is 29.2 Å². The van der Waals surface area contributed by atoms with Crippen molar-refractivity contribution in [2.45, 2.75) is 33.4 Å². The first-order valence-electron chi connectivity index (χ1n) is 10.7. The summed E-state index contributed by atoms with van der Waals surface area (Å²) < 4.78 is 1.99. The third-order valence-electron chi connectivity index (χ3n) is 5.30. The molecule has 0 aliphatic heterocycles. The molecule has 0 saturated carbocycles. The first kappa shape index (κ1) is 22.3. The molecule has 3 aromatic rings. The van der Waals surface area contributed by atoms with Crippen molar-refractivity contribution in [2.75, 3.05) is 25.0 Å². The van der Waals surface area contributed by atoms with Gasteiger partial charge in [-0.3, -0.25) is 0 Å². The Labute approximate surface area is 185 Å². The number of benzene rings is 2. The van der Waals surface area contributed by atoms with Gasteiger partial charge in [0.1, 0.15) is 5.82 Å². The third-order valence-corrected chi connectivity index (χ3v) is 5.30. The molecule has 0 saturated heterocycles. The molecule has 0 atom stereocenters. The molecule has 3 rings (SSSR count). The van der Waals surface area contributed by atoms with Gasteiger partial charge in [-0.15, -0.1) is 10.2 Å². The van der Waals surface area contributed by atoms with E-state index in [2.05, 4.69) is 88.2 Å². The number of hydrogen-bond donors (Lipinski definition) is 2. The molecule has 1 heterocycles. The zero-order valence-electron chi connectivity index (χ0n) is 19.0. The van der Waals surface area contributed by atoms with Gasteiger partial charge in [-0.25, -0.2) is 4.99 Å². The van der Waals surface area contributed by atoms with Gasteiger partial charge in [0, 0.05) is 32.9 Å². The van der Waals surface area contributed by atoms with E-state index in [0.29, 0.717) is 13.1 Å². The number of para-hydroxylation sites is 1. The first-order valence-corrected chi connectivity index (χ1v) is 10.7. The molecule has 7 heteroatoms. The Bertz CT molecular complexity index is 961. The van der Waals surface area contributed by atoms with E-state index in [1.165, 1.54) is 16.8 Å². The van der Waals surface area contributed by atoms with Crippen LogP contribution in [0.3, 0.4) is 0 Å². The minimum absolute atomic E-state index is 0.570. The molecule has 31 heavy (non-hydrogen) atoms.